The topological polar surface area (TPSA) is 20.3 Å². The van der Waals surface area contributed by atoms with Gasteiger partial charge in [0.05, 0.1) is 0 Å². The van der Waals surface area contributed by atoms with Gasteiger partial charge in [0.1, 0.15) is 0 Å². The van der Waals surface area contributed by atoms with Crippen molar-refractivity contribution in [1.82, 2.24) is 4.90 Å². The minimum atomic E-state index is 0.334. The predicted molar refractivity (Wildman–Crippen MR) is 112 cm³/mol. The summed E-state index contributed by atoms with van der Waals surface area (Å²) in [5.74, 6) is 0.334. The summed E-state index contributed by atoms with van der Waals surface area (Å²) >= 11 is 0. The fraction of sp³-hybridized carbons (Fsp3) is 0.870. The van der Waals surface area contributed by atoms with Crippen LogP contribution in [0.25, 0.3) is 0 Å². The van der Waals surface area contributed by atoms with Gasteiger partial charge in [-0.2, -0.15) is 0 Å². The third kappa shape index (κ3) is 16.4. The average molecular weight is 352 g/mol. The first-order valence-electron chi connectivity index (χ1n) is 11.2. The smallest absolute Gasteiger partial charge is 0.222 e. The molecule has 0 rings (SSSR count). The number of hydrogen-bond donors (Lipinski definition) is 0. The van der Waals surface area contributed by atoms with Crippen molar-refractivity contribution >= 4 is 5.91 Å². The minimum absolute atomic E-state index is 0.334. The third-order valence-electron chi connectivity index (χ3n) is 5.02. The summed E-state index contributed by atoms with van der Waals surface area (Å²) in [4.78, 5) is 13.8. The van der Waals surface area contributed by atoms with Gasteiger partial charge in [0.15, 0.2) is 0 Å². The zero-order valence-electron chi connectivity index (χ0n) is 17.5. The Bertz CT molecular complexity index is 307. The van der Waals surface area contributed by atoms with Gasteiger partial charge in [-0.3, -0.25) is 4.79 Å². The van der Waals surface area contributed by atoms with E-state index in [1.807, 2.05) is 4.90 Å². The number of amides is 1. The molecule has 0 aromatic carbocycles. The largest absolute Gasteiger partial charge is 0.343 e. The van der Waals surface area contributed by atoms with Crippen molar-refractivity contribution in [2.45, 2.75) is 117 Å². The first-order valence-corrected chi connectivity index (χ1v) is 11.2. The van der Waals surface area contributed by atoms with E-state index >= 15 is 0 Å². The van der Waals surface area contributed by atoms with Gasteiger partial charge in [0.2, 0.25) is 5.91 Å². The number of allylic oxidation sites excluding steroid dienone is 2. The standard InChI is InChI=1S/C23H45NO/c1-4-7-8-9-10-11-12-13-14-15-16-17-18-19-20-21-22-23(25)24(5-2)6-3/h13-14H,4-12,15-22H2,1-3H3/b14-13-. The van der Waals surface area contributed by atoms with Gasteiger partial charge in [-0.25, -0.2) is 0 Å². The number of unbranched alkanes of at least 4 members (excludes halogenated alkanes) is 12. The summed E-state index contributed by atoms with van der Waals surface area (Å²) in [5.41, 5.74) is 0. The molecular weight excluding hydrogens is 306 g/mol. The summed E-state index contributed by atoms with van der Waals surface area (Å²) in [6.45, 7) is 8.09. The normalized spacial score (nSPS) is 11.3. The van der Waals surface area contributed by atoms with Gasteiger partial charge in [0, 0.05) is 19.5 Å². The number of carbonyl (C=O) groups excluding carboxylic acids is 1. The molecule has 0 saturated carbocycles. The Balaban J connectivity index is 3.25. The van der Waals surface area contributed by atoms with Gasteiger partial charge in [-0.15, -0.1) is 0 Å². The molecule has 25 heavy (non-hydrogen) atoms. The second kappa shape index (κ2) is 19.5. The van der Waals surface area contributed by atoms with Gasteiger partial charge in [-0.1, -0.05) is 76.9 Å². The molecule has 0 spiro atoms. The Morgan fingerprint density at radius 1 is 0.640 bits per heavy atom. The maximum atomic E-state index is 11.9. The van der Waals surface area contributed by atoms with Crippen LogP contribution in [0.2, 0.25) is 0 Å². The maximum absolute atomic E-state index is 11.9. The number of hydrogen-bond acceptors (Lipinski definition) is 1. The number of rotatable bonds is 18. The lowest BCUT2D eigenvalue weighted by Gasteiger charge is -2.18. The molecule has 0 fully saturated rings. The van der Waals surface area contributed by atoms with E-state index in [1.165, 1.54) is 83.5 Å². The Labute approximate surface area is 158 Å². The molecule has 0 atom stereocenters. The van der Waals surface area contributed by atoms with E-state index < -0.39 is 0 Å². The minimum Gasteiger partial charge on any atom is -0.343 e. The summed E-state index contributed by atoms with van der Waals surface area (Å²) in [7, 11) is 0. The fourth-order valence-electron chi connectivity index (χ4n) is 3.26. The van der Waals surface area contributed by atoms with E-state index in [9.17, 15) is 4.79 Å². The Morgan fingerprint density at radius 3 is 1.56 bits per heavy atom. The molecule has 0 heterocycles. The zero-order valence-corrected chi connectivity index (χ0v) is 17.5. The van der Waals surface area contributed by atoms with Gasteiger partial charge in [0.25, 0.3) is 0 Å². The van der Waals surface area contributed by atoms with Crippen molar-refractivity contribution in [2.75, 3.05) is 13.1 Å². The maximum Gasteiger partial charge on any atom is 0.222 e. The van der Waals surface area contributed by atoms with Crippen LogP contribution in [-0.4, -0.2) is 23.9 Å². The van der Waals surface area contributed by atoms with E-state index in [0.29, 0.717) is 5.91 Å². The van der Waals surface area contributed by atoms with E-state index in [2.05, 4.69) is 32.9 Å². The molecule has 0 unspecified atom stereocenters. The molecular formula is C23H45NO. The van der Waals surface area contributed by atoms with Crippen molar-refractivity contribution < 1.29 is 4.79 Å². The molecule has 0 aliphatic rings. The third-order valence-corrected chi connectivity index (χ3v) is 5.02. The zero-order chi connectivity index (χ0) is 18.6. The number of carbonyl (C=O) groups is 1. The molecule has 2 heteroatoms. The lowest BCUT2D eigenvalue weighted by atomic mass is 10.1. The van der Waals surface area contributed by atoms with E-state index in [0.717, 1.165) is 25.9 Å². The van der Waals surface area contributed by atoms with Crippen LogP contribution in [0.4, 0.5) is 0 Å². The highest BCUT2D eigenvalue weighted by Gasteiger charge is 2.07. The summed E-state index contributed by atoms with van der Waals surface area (Å²) in [6.07, 6.45) is 23.9. The molecule has 148 valence electrons. The van der Waals surface area contributed by atoms with Crippen LogP contribution in [0, 0.1) is 0 Å². The Hall–Kier alpha value is -0.790. The van der Waals surface area contributed by atoms with Crippen LogP contribution < -0.4 is 0 Å². The monoisotopic (exact) mass is 351 g/mol. The van der Waals surface area contributed by atoms with Crippen molar-refractivity contribution in [1.29, 1.82) is 0 Å². The fourth-order valence-corrected chi connectivity index (χ4v) is 3.26. The highest BCUT2D eigenvalue weighted by Crippen LogP contribution is 2.11. The average Bonchev–Trinajstić information content (AvgIpc) is 2.62. The SMILES string of the molecule is CCCCCCCC/C=C\CCCCCCCCC(=O)N(CC)CC. The Kier molecular flexibility index (Phi) is 18.9. The molecule has 0 aromatic heterocycles. The van der Waals surface area contributed by atoms with Crippen LogP contribution in [0.15, 0.2) is 12.2 Å². The van der Waals surface area contributed by atoms with Crippen LogP contribution in [0.1, 0.15) is 117 Å². The first-order chi connectivity index (χ1) is 12.3. The second-order valence-corrected chi connectivity index (χ2v) is 7.25. The van der Waals surface area contributed by atoms with E-state index in [4.69, 9.17) is 0 Å². The highest BCUT2D eigenvalue weighted by atomic mass is 16.2. The van der Waals surface area contributed by atoms with Crippen molar-refractivity contribution in [3.8, 4) is 0 Å². The van der Waals surface area contributed by atoms with Gasteiger partial charge in [-0.05, 0) is 46.0 Å². The van der Waals surface area contributed by atoms with Gasteiger partial charge < -0.3 is 4.90 Å². The van der Waals surface area contributed by atoms with Crippen LogP contribution >= 0.6 is 0 Å². The second-order valence-electron chi connectivity index (χ2n) is 7.25. The molecule has 0 radical (unpaired) electrons. The molecule has 1 amide bonds. The van der Waals surface area contributed by atoms with Crippen molar-refractivity contribution in [2.24, 2.45) is 0 Å². The summed E-state index contributed by atoms with van der Waals surface area (Å²) in [5, 5.41) is 0. The number of nitrogens with zero attached hydrogens (tertiary/aromatic N) is 1. The molecule has 0 aliphatic heterocycles. The predicted octanol–water partition coefficient (Wildman–Crippen LogP) is 7.28. The summed E-state index contributed by atoms with van der Waals surface area (Å²) < 4.78 is 0. The van der Waals surface area contributed by atoms with Crippen LogP contribution in [-0.2, 0) is 4.79 Å². The Morgan fingerprint density at radius 2 is 1.08 bits per heavy atom. The molecule has 0 aliphatic carbocycles. The molecule has 2 nitrogen and oxygen atoms in total. The molecule has 0 N–H and O–H groups in total. The van der Waals surface area contributed by atoms with Crippen LogP contribution in [0.3, 0.4) is 0 Å². The first kappa shape index (κ1) is 24.2. The van der Waals surface area contributed by atoms with Crippen molar-refractivity contribution in [3.63, 3.8) is 0 Å². The lowest BCUT2D eigenvalue weighted by Crippen LogP contribution is -2.30. The molecule has 0 aromatic rings. The quantitative estimate of drug-likeness (QED) is 0.188. The summed E-state index contributed by atoms with van der Waals surface area (Å²) in [6, 6.07) is 0. The lowest BCUT2D eigenvalue weighted by molar-refractivity contribution is -0.130. The van der Waals surface area contributed by atoms with E-state index in [-0.39, 0.29) is 0 Å². The molecule has 0 saturated heterocycles. The van der Waals surface area contributed by atoms with Gasteiger partial charge >= 0.3 is 0 Å². The molecule has 0 bridgehead atoms. The van der Waals surface area contributed by atoms with Crippen LogP contribution in [0.5, 0.6) is 0 Å². The van der Waals surface area contributed by atoms with E-state index in [1.54, 1.807) is 0 Å². The highest BCUT2D eigenvalue weighted by molar-refractivity contribution is 5.75. The van der Waals surface area contributed by atoms with Crippen molar-refractivity contribution in [3.05, 3.63) is 12.2 Å².